The molecule has 0 spiro atoms. The summed E-state index contributed by atoms with van der Waals surface area (Å²) in [4.78, 5) is 0. The molecular weight excluding hydrogens is 985 g/mol. The predicted octanol–water partition coefficient (Wildman–Crippen LogP) is 16.1. The second-order valence-corrected chi connectivity index (χ2v) is 23.6. The average molecular weight is 1060 g/mol. The van der Waals surface area contributed by atoms with Crippen molar-refractivity contribution in [3.05, 3.63) is 282 Å². The first-order valence-corrected chi connectivity index (χ1v) is 28.9. The summed E-state index contributed by atoms with van der Waals surface area (Å²) < 4.78 is 0. The zero-order chi connectivity index (χ0) is 55.6. The number of aromatic hydroxyl groups is 6. The molecule has 0 saturated carbocycles. The van der Waals surface area contributed by atoms with E-state index in [0.717, 1.165) is 71.9 Å². The van der Waals surface area contributed by atoms with E-state index >= 15 is 0 Å². The van der Waals surface area contributed by atoms with E-state index < -0.39 is 21.7 Å². The normalized spacial score (nSPS) is 20.1. The van der Waals surface area contributed by atoms with Crippen LogP contribution >= 0.6 is 0 Å². The highest BCUT2D eigenvalue weighted by Gasteiger charge is 2.82. The average Bonchev–Trinajstić information content (AvgIpc) is 3.43. The fourth-order valence-corrected chi connectivity index (χ4v) is 16.0. The zero-order valence-corrected chi connectivity index (χ0v) is 46.5. The fourth-order valence-electron chi connectivity index (χ4n) is 16.0. The van der Waals surface area contributed by atoms with Gasteiger partial charge in [-0.15, -0.1) is 0 Å². The molecule has 0 atom stereocenters. The minimum Gasteiger partial charge on any atom is -0.508 e. The van der Waals surface area contributed by atoms with Crippen LogP contribution in [0.15, 0.2) is 182 Å². The number of rotatable bonds is 18. The SMILES string of the molecule is CCCC12c3cc(Cc4ccc(O)cc4)c(Cc4ccc(O)cc4)cc3C3(CCC)c4cc(Cc5ccc(O)cc5)c(Cc5ccc(O)cc5)cc4C(CCC)(c4cc(Cc5ccc(O)cc5)c(Cc5ccc(O)cc5)cc41)C23C. The summed E-state index contributed by atoms with van der Waals surface area (Å²) in [6.07, 6.45) is 9.74. The summed E-state index contributed by atoms with van der Waals surface area (Å²) in [6, 6.07) is 61.9. The number of hydrogen-bond acceptors (Lipinski definition) is 6. The topological polar surface area (TPSA) is 121 Å². The van der Waals surface area contributed by atoms with Gasteiger partial charge in [-0.25, -0.2) is 0 Å². The van der Waals surface area contributed by atoms with Gasteiger partial charge in [-0.3, -0.25) is 0 Å². The van der Waals surface area contributed by atoms with Crippen molar-refractivity contribution in [2.75, 3.05) is 0 Å². The molecular formula is C74H72O6. The summed E-state index contributed by atoms with van der Waals surface area (Å²) >= 11 is 0. The van der Waals surface area contributed by atoms with Crippen molar-refractivity contribution in [2.24, 2.45) is 5.41 Å². The van der Waals surface area contributed by atoms with Crippen molar-refractivity contribution in [1.82, 2.24) is 0 Å². The lowest BCUT2D eigenvalue weighted by Crippen LogP contribution is -2.54. The largest absolute Gasteiger partial charge is 0.508 e. The maximum atomic E-state index is 10.5. The van der Waals surface area contributed by atoms with Gasteiger partial charge in [-0.1, -0.05) is 156 Å². The number of hydrogen-bond donors (Lipinski definition) is 6. The van der Waals surface area contributed by atoms with E-state index in [2.05, 4.69) is 64.1 Å². The molecule has 9 aromatic rings. The van der Waals surface area contributed by atoms with Crippen molar-refractivity contribution in [3.63, 3.8) is 0 Å². The van der Waals surface area contributed by atoms with Crippen molar-refractivity contribution in [2.45, 2.75) is 121 Å². The standard InChI is InChI=1S/C74H72O6/c1-5-32-72-65-41-53(35-47-8-20-59(75)21-9-47)55(37-49-12-24-61(77)25-13-49)43-67(65)73(33-6-2)69-45-57(39-51-16-28-63(79)29-17-51)58(40-52-18-30-64(80)31-19-52)46-70(69)74(34-7-3,71(72,73)4)68-44-56(38-50-14-26-62(78)27-15-50)54(42-66(68)72)36-48-10-22-60(76)23-11-48/h8-31,41-46,75-80H,5-7,32-40H2,1-4H3. The summed E-state index contributed by atoms with van der Waals surface area (Å²) in [7, 11) is 0. The predicted molar refractivity (Wildman–Crippen MR) is 320 cm³/mol. The van der Waals surface area contributed by atoms with Gasteiger partial charge in [0.1, 0.15) is 34.5 Å². The number of fused-ring (bicyclic) bond motifs is 9. The van der Waals surface area contributed by atoms with Crippen LogP contribution in [0.1, 0.15) is 166 Å². The van der Waals surface area contributed by atoms with Gasteiger partial charge in [0, 0.05) is 21.7 Å². The Morgan fingerprint density at radius 2 is 0.400 bits per heavy atom. The van der Waals surface area contributed by atoms with Crippen LogP contribution in [0.2, 0.25) is 0 Å². The lowest BCUT2D eigenvalue weighted by Gasteiger charge is -2.53. The Kier molecular flexibility index (Phi) is 13.4. The maximum absolute atomic E-state index is 10.5. The Labute approximate surface area is 471 Å². The number of phenolic OH excluding ortho intramolecular Hbond substituents is 6. The Morgan fingerprint density at radius 3 is 0.537 bits per heavy atom. The van der Waals surface area contributed by atoms with E-state index in [4.69, 9.17) is 0 Å². The minimum atomic E-state index is -0.467. The maximum Gasteiger partial charge on any atom is 0.115 e. The van der Waals surface area contributed by atoms with E-state index in [-0.39, 0.29) is 34.5 Å². The summed E-state index contributed by atoms with van der Waals surface area (Å²) in [5, 5.41) is 63.1. The first-order valence-electron chi connectivity index (χ1n) is 28.9. The molecule has 0 amide bonds. The molecule has 0 heterocycles. The second kappa shape index (κ2) is 20.5. The van der Waals surface area contributed by atoms with Gasteiger partial charge < -0.3 is 30.6 Å². The summed E-state index contributed by atoms with van der Waals surface area (Å²) in [6.45, 7) is 9.83. The van der Waals surface area contributed by atoms with E-state index in [1.165, 1.54) is 66.8 Å². The summed E-state index contributed by atoms with van der Waals surface area (Å²) in [5.41, 5.74) is 21.0. The van der Waals surface area contributed by atoms with Crippen LogP contribution in [-0.2, 0) is 54.8 Å². The molecule has 0 radical (unpaired) electrons. The lowest BCUT2D eigenvalue weighted by atomic mass is 9.48. The van der Waals surface area contributed by atoms with Crippen molar-refractivity contribution in [1.29, 1.82) is 0 Å². The van der Waals surface area contributed by atoms with Gasteiger partial charge in [-0.2, -0.15) is 0 Å². The number of phenols is 6. The molecule has 0 bridgehead atoms. The molecule has 0 fully saturated rings. The first-order chi connectivity index (χ1) is 38.7. The van der Waals surface area contributed by atoms with Crippen LogP contribution < -0.4 is 0 Å². The zero-order valence-electron chi connectivity index (χ0n) is 46.5. The molecule has 9 aromatic carbocycles. The van der Waals surface area contributed by atoms with Crippen LogP contribution in [0, 0.1) is 5.41 Å². The van der Waals surface area contributed by atoms with Crippen molar-refractivity contribution >= 4 is 0 Å². The van der Waals surface area contributed by atoms with Gasteiger partial charge in [0.15, 0.2) is 0 Å². The molecule has 404 valence electrons. The van der Waals surface area contributed by atoms with Crippen LogP contribution in [0.3, 0.4) is 0 Å². The Hall–Kier alpha value is -8.22. The lowest BCUT2D eigenvalue weighted by molar-refractivity contribution is 0.0540. The molecule has 12 rings (SSSR count). The molecule has 0 aromatic heterocycles. The second-order valence-electron chi connectivity index (χ2n) is 23.6. The van der Waals surface area contributed by atoms with Crippen LogP contribution in [-0.4, -0.2) is 30.6 Å². The molecule has 6 nitrogen and oxygen atoms in total. The molecule has 80 heavy (non-hydrogen) atoms. The highest BCUT2D eigenvalue weighted by atomic mass is 16.3. The van der Waals surface area contributed by atoms with Crippen molar-refractivity contribution in [3.8, 4) is 34.5 Å². The quantitative estimate of drug-likeness (QED) is 0.0509. The minimum absolute atomic E-state index is 0.244. The van der Waals surface area contributed by atoms with Gasteiger partial charge in [0.2, 0.25) is 0 Å². The van der Waals surface area contributed by atoms with E-state index in [1.54, 1.807) is 72.8 Å². The Bertz CT molecular complexity index is 3120. The Morgan fingerprint density at radius 1 is 0.250 bits per heavy atom. The van der Waals surface area contributed by atoms with E-state index in [9.17, 15) is 30.6 Å². The molecule has 0 aliphatic heterocycles. The molecule has 0 saturated heterocycles. The van der Waals surface area contributed by atoms with Crippen molar-refractivity contribution < 1.29 is 30.6 Å². The van der Waals surface area contributed by atoms with Gasteiger partial charge in [-0.05, 0) is 231 Å². The van der Waals surface area contributed by atoms with Gasteiger partial charge in [0.05, 0.1) is 0 Å². The van der Waals surface area contributed by atoms with Gasteiger partial charge in [0.25, 0.3) is 0 Å². The van der Waals surface area contributed by atoms with Crippen LogP contribution in [0.25, 0.3) is 0 Å². The first kappa shape index (κ1) is 52.5. The van der Waals surface area contributed by atoms with E-state index in [0.29, 0.717) is 38.5 Å². The van der Waals surface area contributed by atoms with Crippen LogP contribution in [0.4, 0.5) is 0 Å². The molecule has 3 aliphatic rings. The van der Waals surface area contributed by atoms with Gasteiger partial charge >= 0.3 is 0 Å². The summed E-state index contributed by atoms with van der Waals surface area (Å²) in [5.74, 6) is 1.46. The number of benzene rings is 9. The third kappa shape index (κ3) is 8.35. The van der Waals surface area contributed by atoms with E-state index in [1.807, 2.05) is 72.8 Å². The third-order valence-corrected chi connectivity index (χ3v) is 19.2. The Balaban J connectivity index is 1.22. The smallest absolute Gasteiger partial charge is 0.115 e. The molecule has 3 aliphatic carbocycles. The van der Waals surface area contributed by atoms with Crippen LogP contribution in [0.5, 0.6) is 34.5 Å². The highest BCUT2D eigenvalue weighted by Crippen LogP contribution is 2.85. The monoisotopic (exact) mass is 1060 g/mol. The molecule has 6 heteroatoms. The molecule has 0 unspecified atom stereocenters. The molecule has 6 N–H and O–H groups in total. The fraction of sp³-hybridized carbons (Fsp3) is 0.270. The third-order valence-electron chi connectivity index (χ3n) is 19.2. The highest BCUT2D eigenvalue weighted by molar-refractivity contribution is 5.80.